The van der Waals surface area contributed by atoms with Crippen LogP contribution in [-0.2, 0) is 7.05 Å². The fourth-order valence-corrected chi connectivity index (χ4v) is 2.40. The predicted octanol–water partition coefficient (Wildman–Crippen LogP) is 2.80. The molecule has 0 saturated heterocycles. The van der Waals surface area contributed by atoms with Crippen LogP contribution >= 0.6 is 15.9 Å². The summed E-state index contributed by atoms with van der Waals surface area (Å²) in [6.45, 7) is 0. The van der Waals surface area contributed by atoms with Crippen LogP contribution < -0.4 is 5.46 Å². The van der Waals surface area contributed by atoms with Crippen LogP contribution in [0.15, 0.2) is 46.9 Å². The summed E-state index contributed by atoms with van der Waals surface area (Å²) in [6, 6.07) is 13.9. The van der Waals surface area contributed by atoms with Crippen LogP contribution in [0.3, 0.4) is 0 Å². The van der Waals surface area contributed by atoms with Crippen LogP contribution in [0.2, 0.25) is 0 Å². The summed E-state index contributed by atoms with van der Waals surface area (Å²) in [6.07, 6.45) is 0. The van der Waals surface area contributed by atoms with Gasteiger partial charge in [-0.3, -0.25) is 0 Å². The van der Waals surface area contributed by atoms with Crippen LogP contribution in [0, 0.1) is 0 Å². The van der Waals surface area contributed by atoms with Gasteiger partial charge < -0.3 is 4.57 Å². The van der Waals surface area contributed by atoms with E-state index in [9.17, 15) is 0 Å². The molecule has 0 fully saturated rings. The second-order valence-corrected chi connectivity index (χ2v) is 5.17. The molecule has 2 aromatic carbocycles. The monoisotopic (exact) mass is 296 g/mol. The molecule has 3 rings (SSSR count). The average Bonchev–Trinajstić information content (AvgIpc) is 2.68. The molecular weight excluding hydrogens is 287 g/mol. The lowest BCUT2D eigenvalue weighted by Crippen LogP contribution is -2.00. The SMILES string of the molecule is [B]c1ccc(-c2nc3ccc(Br)cc3n2C)cc1. The molecule has 4 heteroatoms. The highest BCUT2D eigenvalue weighted by molar-refractivity contribution is 9.10. The van der Waals surface area contributed by atoms with Gasteiger partial charge in [-0.25, -0.2) is 4.98 Å². The van der Waals surface area contributed by atoms with Crippen LogP contribution in [0.1, 0.15) is 0 Å². The van der Waals surface area contributed by atoms with Gasteiger partial charge in [0.2, 0.25) is 0 Å². The van der Waals surface area contributed by atoms with Gasteiger partial charge in [0.1, 0.15) is 13.7 Å². The van der Waals surface area contributed by atoms with E-state index in [-0.39, 0.29) is 0 Å². The van der Waals surface area contributed by atoms with Gasteiger partial charge in [-0.15, -0.1) is 0 Å². The van der Waals surface area contributed by atoms with E-state index in [1.165, 1.54) is 0 Å². The van der Waals surface area contributed by atoms with Crippen molar-refractivity contribution in [2.75, 3.05) is 0 Å². The number of rotatable bonds is 1. The average molecular weight is 297 g/mol. The van der Waals surface area contributed by atoms with E-state index in [2.05, 4.69) is 31.5 Å². The molecule has 1 aromatic heterocycles. The van der Waals surface area contributed by atoms with Crippen LogP contribution in [0.5, 0.6) is 0 Å². The van der Waals surface area contributed by atoms with Crippen molar-refractivity contribution in [3.63, 3.8) is 0 Å². The van der Waals surface area contributed by atoms with Crippen LogP contribution in [-0.4, -0.2) is 17.4 Å². The number of aromatic nitrogens is 2. The van der Waals surface area contributed by atoms with Gasteiger partial charge in [0.05, 0.1) is 11.0 Å². The smallest absolute Gasteiger partial charge is 0.140 e. The van der Waals surface area contributed by atoms with E-state index in [4.69, 9.17) is 7.85 Å². The first-order valence-electron chi connectivity index (χ1n) is 5.63. The van der Waals surface area contributed by atoms with Crippen molar-refractivity contribution in [2.24, 2.45) is 7.05 Å². The Morgan fingerprint density at radius 2 is 1.83 bits per heavy atom. The first kappa shape index (κ1) is 11.5. The summed E-state index contributed by atoms with van der Waals surface area (Å²) in [4.78, 5) is 4.65. The number of fused-ring (bicyclic) bond motifs is 1. The molecule has 2 radical (unpaired) electrons. The third-order valence-electron chi connectivity index (χ3n) is 3.01. The summed E-state index contributed by atoms with van der Waals surface area (Å²) in [5.74, 6) is 0.947. The molecule has 1 heterocycles. The van der Waals surface area contributed by atoms with E-state index in [1.807, 2.05) is 43.4 Å². The second-order valence-electron chi connectivity index (χ2n) is 4.25. The van der Waals surface area contributed by atoms with Gasteiger partial charge in [0.15, 0.2) is 0 Å². The first-order chi connectivity index (χ1) is 8.65. The third-order valence-corrected chi connectivity index (χ3v) is 3.51. The summed E-state index contributed by atoms with van der Waals surface area (Å²) in [5.41, 5.74) is 3.93. The van der Waals surface area contributed by atoms with Gasteiger partial charge >= 0.3 is 0 Å². The standard InChI is InChI=1S/C14H10BBrN2/c1-18-13-8-11(16)6-7-12(13)17-14(18)9-2-4-10(15)5-3-9/h2-8H,1H3. The lowest BCUT2D eigenvalue weighted by molar-refractivity contribution is 0.959. The van der Waals surface area contributed by atoms with Crippen molar-refractivity contribution in [3.8, 4) is 11.4 Å². The Morgan fingerprint density at radius 1 is 1.11 bits per heavy atom. The molecule has 0 aliphatic rings. The van der Waals surface area contributed by atoms with Crippen LogP contribution in [0.25, 0.3) is 22.4 Å². The van der Waals surface area contributed by atoms with E-state index < -0.39 is 0 Å². The molecule has 0 amide bonds. The van der Waals surface area contributed by atoms with Gasteiger partial charge in [-0.2, -0.15) is 0 Å². The highest BCUT2D eigenvalue weighted by Crippen LogP contribution is 2.25. The summed E-state index contributed by atoms with van der Waals surface area (Å²) in [5, 5.41) is 0. The van der Waals surface area contributed by atoms with Gasteiger partial charge in [-0.05, 0) is 18.2 Å². The second kappa shape index (κ2) is 4.28. The minimum atomic E-state index is 0.764. The lowest BCUT2D eigenvalue weighted by atomic mass is 9.95. The van der Waals surface area contributed by atoms with E-state index in [1.54, 1.807) is 0 Å². The molecule has 86 valence electrons. The molecule has 3 aromatic rings. The van der Waals surface area contributed by atoms with Crippen molar-refractivity contribution in [1.82, 2.24) is 9.55 Å². The van der Waals surface area contributed by atoms with Crippen molar-refractivity contribution in [2.45, 2.75) is 0 Å². The fraction of sp³-hybridized carbons (Fsp3) is 0.0714. The Morgan fingerprint density at radius 3 is 2.56 bits per heavy atom. The molecule has 0 aliphatic heterocycles. The van der Waals surface area contributed by atoms with Crippen molar-refractivity contribution in [3.05, 3.63) is 46.9 Å². The van der Waals surface area contributed by atoms with Crippen molar-refractivity contribution in [1.29, 1.82) is 0 Å². The topological polar surface area (TPSA) is 17.8 Å². The number of nitrogens with zero attached hydrogens (tertiary/aromatic N) is 2. The molecule has 0 spiro atoms. The predicted molar refractivity (Wildman–Crippen MR) is 79.2 cm³/mol. The Balaban J connectivity index is 2.23. The minimum absolute atomic E-state index is 0.764. The van der Waals surface area contributed by atoms with Gasteiger partial charge in [0, 0.05) is 17.1 Å². The van der Waals surface area contributed by atoms with Crippen molar-refractivity contribution < 1.29 is 0 Å². The number of hydrogen-bond donors (Lipinski definition) is 0. The minimum Gasteiger partial charge on any atom is -0.327 e. The third kappa shape index (κ3) is 1.87. The van der Waals surface area contributed by atoms with E-state index in [0.29, 0.717) is 0 Å². The molecule has 0 unspecified atom stereocenters. The number of aryl methyl sites for hydroxylation is 1. The largest absolute Gasteiger partial charge is 0.327 e. The first-order valence-corrected chi connectivity index (χ1v) is 6.42. The normalized spacial score (nSPS) is 11.0. The quantitative estimate of drug-likeness (QED) is 0.632. The van der Waals surface area contributed by atoms with E-state index >= 15 is 0 Å². The number of halogens is 1. The maximum atomic E-state index is 5.70. The van der Waals surface area contributed by atoms with Crippen molar-refractivity contribution >= 4 is 40.3 Å². The summed E-state index contributed by atoms with van der Waals surface area (Å²) in [7, 11) is 7.73. The highest BCUT2D eigenvalue weighted by atomic mass is 79.9. The Bertz CT molecular complexity index is 716. The number of hydrogen-bond acceptors (Lipinski definition) is 1. The molecule has 18 heavy (non-hydrogen) atoms. The lowest BCUT2D eigenvalue weighted by Gasteiger charge is -2.03. The summed E-state index contributed by atoms with van der Waals surface area (Å²) < 4.78 is 3.15. The maximum Gasteiger partial charge on any atom is 0.140 e. The van der Waals surface area contributed by atoms with E-state index in [0.717, 1.165) is 32.4 Å². The zero-order valence-electron chi connectivity index (χ0n) is 9.89. The number of benzene rings is 2. The maximum absolute atomic E-state index is 5.70. The molecule has 0 N–H and O–H groups in total. The Labute approximate surface area is 115 Å². The van der Waals surface area contributed by atoms with Gasteiger partial charge in [0.25, 0.3) is 0 Å². The molecule has 0 aliphatic carbocycles. The zero-order chi connectivity index (χ0) is 12.7. The molecule has 0 bridgehead atoms. The number of imidazole rings is 1. The van der Waals surface area contributed by atoms with Gasteiger partial charge in [-0.1, -0.05) is 45.7 Å². The molecular formula is C14H10BBrN2. The highest BCUT2D eigenvalue weighted by Gasteiger charge is 2.09. The molecule has 0 atom stereocenters. The Hall–Kier alpha value is -1.55. The van der Waals surface area contributed by atoms with Crippen LogP contribution in [0.4, 0.5) is 0 Å². The summed E-state index contributed by atoms with van der Waals surface area (Å²) >= 11 is 3.48. The zero-order valence-corrected chi connectivity index (χ0v) is 11.5. The molecule has 2 nitrogen and oxygen atoms in total. The Kier molecular flexibility index (Phi) is 2.75. The molecule has 0 saturated carbocycles. The fourth-order valence-electron chi connectivity index (χ4n) is 2.05.